The summed E-state index contributed by atoms with van der Waals surface area (Å²) >= 11 is 0. The SMILES string of the molecule is C#CCOc1c2ccoc2cc2oc(=O)ccc12. The summed E-state index contributed by atoms with van der Waals surface area (Å²) in [6, 6.07) is 6.44. The van der Waals surface area contributed by atoms with Gasteiger partial charge in [0.05, 0.1) is 17.0 Å². The number of fused-ring (bicyclic) bond motifs is 2. The Kier molecular flexibility index (Phi) is 2.31. The molecule has 3 rings (SSSR count). The third-order valence-electron chi connectivity index (χ3n) is 2.61. The highest BCUT2D eigenvalue weighted by Gasteiger charge is 2.12. The first-order chi connectivity index (χ1) is 8.79. The summed E-state index contributed by atoms with van der Waals surface area (Å²) in [4.78, 5) is 11.2. The normalized spacial score (nSPS) is 10.6. The quantitative estimate of drug-likeness (QED) is 0.510. The summed E-state index contributed by atoms with van der Waals surface area (Å²) in [5, 5.41) is 1.49. The largest absolute Gasteiger partial charge is 0.479 e. The maximum atomic E-state index is 11.2. The molecule has 2 heterocycles. The van der Waals surface area contributed by atoms with E-state index in [4.69, 9.17) is 20.0 Å². The third-order valence-corrected chi connectivity index (χ3v) is 2.61. The average Bonchev–Trinajstić information content (AvgIpc) is 2.82. The maximum Gasteiger partial charge on any atom is 0.336 e. The third kappa shape index (κ3) is 1.54. The van der Waals surface area contributed by atoms with Crippen molar-refractivity contribution in [3.05, 3.63) is 40.9 Å². The Hall–Kier alpha value is -2.67. The van der Waals surface area contributed by atoms with Gasteiger partial charge in [-0.15, -0.1) is 6.42 Å². The molecule has 0 aliphatic heterocycles. The van der Waals surface area contributed by atoms with Crippen LogP contribution >= 0.6 is 0 Å². The fourth-order valence-corrected chi connectivity index (χ4v) is 1.88. The van der Waals surface area contributed by atoms with Crippen LogP contribution in [0.1, 0.15) is 0 Å². The number of ether oxygens (including phenoxy) is 1. The van der Waals surface area contributed by atoms with Crippen LogP contribution in [0.5, 0.6) is 5.75 Å². The van der Waals surface area contributed by atoms with E-state index in [0.717, 1.165) is 5.39 Å². The molecule has 1 aromatic carbocycles. The van der Waals surface area contributed by atoms with Crippen molar-refractivity contribution in [2.45, 2.75) is 0 Å². The van der Waals surface area contributed by atoms with E-state index in [1.807, 2.05) is 0 Å². The Morgan fingerprint density at radius 1 is 1.22 bits per heavy atom. The summed E-state index contributed by atoms with van der Waals surface area (Å²) in [5.41, 5.74) is 0.581. The van der Waals surface area contributed by atoms with Gasteiger partial charge in [-0.25, -0.2) is 4.79 Å². The molecule has 0 spiro atoms. The lowest BCUT2D eigenvalue weighted by Crippen LogP contribution is -1.98. The van der Waals surface area contributed by atoms with E-state index >= 15 is 0 Å². The second kappa shape index (κ2) is 3.97. The summed E-state index contributed by atoms with van der Waals surface area (Å²) in [6.45, 7) is 0.137. The fraction of sp³-hybridized carbons (Fsp3) is 0.0714. The van der Waals surface area contributed by atoms with E-state index in [9.17, 15) is 4.79 Å². The van der Waals surface area contributed by atoms with Gasteiger partial charge >= 0.3 is 5.63 Å². The number of furan rings is 1. The van der Waals surface area contributed by atoms with E-state index < -0.39 is 5.63 Å². The number of rotatable bonds is 2. The van der Waals surface area contributed by atoms with E-state index in [-0.39, 0.29) is 6.61 Å². The molecule has 4 nitrogen and oxygen atoms in total. The van der Waals surface area contributed by atoms with Crippen molar-refractivity contribution in [2.24, 2.45) is 0 Å². The van der Waals surface area contributed by atoms with Crippen molar-refractivity contribution in [3.8, 4) is 18.1 Å². The highest BCUT2D eigenvalue weighted by molar-refractivity contribution is 6.01. The lowest BCUT2D eigenvalue weighted by atomic mass is 10.1. The molecule has 0 saturated heterocycles. The second-order valence-electron chi connectivity index (χ2n) is 3.70. The Morgan fingerprint density at radius 3 is 2.89 bits per heavy atom. The van der Waals surface area contributed by atoms with Gasteiger partial charge in [0, 0.05) is 12.1 Å². The molecule has 0 aliphatic carbocycles. The predicted octanol–water partition coefficient (Wildman–Crippen LogP) is 2.55. The number of benzene rings is 1. The number of terminal acetylenes is 1. The molecule has 0 atom stereocenters. The molecule has 0 aliphatic rings. The molecule has 0 bridgehead atoms. The number of hydrogen-bond acceptors (Lipinski definition) is 4. The van der Waals surface area contributed by atoms with Crippen LogP contribution in [0, 0.1) is 12.3 Å². The molecule has 0 unspecified atom stereocenters. The molecule has 4 heteroatoms. The van der Waals surface area contributed by atoms with Gasteiger partial charge < -0.3 is 13.6 Å². The summed E-state index contributed by atoms with van der Waals surface area (Å²) in [5.74, 6) is 2.97. The first-order valence-electron chi connectivity index (χ1n) is 5.30. The van der Waals surface area contributed by atoms with Gasteiger partial charge in [-0.2, -0.15) is 0 Å². The van der Waals surface area contributed by atoms with Crippen LogP contribution in [0.15, 0.2) is 44.2 Å². The zero-order valence-corrected chi connectivity index (χ0v) is 9.30. The van der Waals surface area contributed by atoms with Gasteiger partial charge in [-0.1, -0.05) is 5.92 Å². The van der Waals surface area contributed by atoms with Crippen molar-refractivity contribution in [1.82, 2.24) is 0 Å². The van der Waals surface area contributed by atoms with Crippen LogP contribution in [0.25, 0.3) is 21.9 Å². The predicted molar refractivity (Wildman–Crippen MR) is 66.6 cm³/mol. The molecule has 0 saturated carbocycles. The highest BCUT2D eigenvalue weighted by atomic mass is 16.5. The number of hydrogen-bond donors (Lipinski definition) is 0. The molecule has 18 heavy (non-hydrogen) atoms. The van der Waals surface area contributed by atoms with Gasteiger partial charge in [0.25, 0.3) is 0 Å². The smallest absolute Gasteiger partial charge is 0.336 e. The van der Waals surface area contributed by atoms with E-state index in [2.05, 4.69) is 5.92 Å². The summed E-state index contributed by atoms with van der Waals surface area (Å²) < 4.78 is 15.9. The Morgan fingerprint density at radius 2 is 2.06 bits per heavy atom. The molecule has 2 aromatic heterocycles. The van der Waals surface area contributed by atoms with Crippen molar-refractivity contribution < 1.29 is 13.6 Å². The topological polar surface area (TPSA) is 52.6 Å². The minimum absolute atomic E-state index is 0.137. The van der Waals surface area contributed by atoms with Gasteiger partial charge in [0.15, 0.2) is 0 Å². The van der Waals surface area contributed by atoms with Crippen LogP contribution in [-0.2, 0) is 0 Å². The summed E-state index contributed by atoms with van der Waals surface area (Å²) in [7, 11) is 0. The Bertz CT molecular complexity index is 817. The minimum atomic E-state index is -0.420. The van der Waals surface area contributed by atoms with Crippen LogP contribution in [0.4, 0.5) is 0 Å². The van der Waals surface area contributed by atoms with Gasteiger partial charge in [0.1, 0.15) is 23.5 Å². The molecule has 3 aromatic rings. The van der Waals surface area contributed by atoms with Crippen LogP contribution < -0.4 is 10.4 Å². The molecule has 0 radical (unpaired) electrons. The maximum absolute atomic E-state index is 11.2. The van der Waals surface area contributed by atoms with Crippen molar-refractivity contribution in [1.29, 1.82) is 0 Å². The Labute approximate surface area is 102 Å². The van der Waals surface area contributed by atoms with Gasteiger partial charge in [-0.05, 0) is 12.1 Å². The standard InChI is InChI=1S/C14H8O4/c1-2-6-17-14-9-3-4-13(15)18-12(9)8-11-10(14)5-7-16-11/h1,3-5,7-8H,6H2. The van der Waals surface area contributed by atoms with Gasteiger partial charge in [0.2, 0.25) is 0 Å². The van der Waals surface area contributed by atoms with Crippen molar-refractivity contribution >= 4 is 21.9 Å². The molecule has 88 valence electrons. The van der Waals surface area contributed by atoms with Crippen LogP contribution in [-0.4, -0.2) is 6.61 Å². The fourth-order valence-electron chi connectivity index (χ4n) is 1.88. The van der Waals surface area contributed by atoms with E-state index in [0.29, 0.717) is 22.3 Å². The van der Waals surface area contributed by atoms with Crippen LogP contribution in [0.2, 0.25) is 0 Å². The zero-order chi connectivity index (χ0) is 12.5. The first-order valence-corrected chi connectivity index (χ1v) is 5.30. The zero-order valence-electron chi connectivity index (χ0n) is 9.30. The first kappa shape index (κ1) is 10.5. The van der Waals surface area contributed by atoms with Crippen molar-refractivity contribution in [3.63, 3.8) is 0 Å². The molecule has 0 fully saturated rings. The lowest BCUT2D eigenvalue weighted by Gasteiger charge is -2.07. The van der Waals surface area contributed by atoms with Crippen molar-refractivity contribution in [2.75, 3.05) is 6.61 Å². The average molecular weight is 240 g/mol. The molecular weight excluding hydrogens is 232 g/mol. The summed E-state index contributed by atoms with van der Waals surface area (Å²) in [6.07, 6.45) is 6.74. The molecule has 0 N–H and O–H groups in total. The monoisotopic (exact) mass is 240 g/mol. The van der Waals surface area contributed by atoms with E-state index in [1.54, 1.807) is 24.5 Å². The van der Waals surface area contributed by atoms with Gasteiger partial charge in [-0.3, -0.25) is 0 Å². The minimum Gasteiger partial charge on any atom is -0.479 e. The molecular formula is C14H8O4. The second-order valence-corrected chi connectivity index (χ2v) is 3.70. The van der Waals surface area contributed by atoms with Crippen LogP contribution in [0.3, 0.4) is 0 Å². The Balaban J connectivity index is 2.40. The van der Waals surface area contributed by atoms with E-state index in [1.165, 1.54) is 6.07 Å². The lowest BCUT2D eigenvalue weighted by molar-refractivity contribution is 0.378. The highest BCUT2D eigenvalue weighted by Crippen LogP contribution is 2.34. The molecule has 0 amide bonds.